The molecule has 2 aromatic carbocycles. The number of alkyl carbamates (subject to hydrolysis) is 1. The average molecular weight is 526 g/mol. The highest BCUT2D eigenvalue weighted by Gasteiger charge is 2.39. The number of carbonyl (C=O) groups excluding carboxylic acids is 3. The largest absolute Gasteiger partial charge is 0.497 e. The molecule has 0 fully saturated rings. The van der Waals surface area contributed by atoms with Crippen LogP contribution in [0.4, 0.5) is 10.5 Å². The molecule has 208 valence electrons. The minimum Gasteiger partial charge on any atom is -0.497 e. The quantitative estimate of drug-likeness (QED) is 0.405. The van der Waals surface area contributed by atoms with Gasteiger partial charge >= 0.3 is 6.09 Å². The Balaban J connectivity index is 2.52. The van der Waals surface area contributed by atoms with Crippen LogP contribution in [0.1, 0.15) is 72.1 Å². The van der Waals surface area contributed by atoms with E-state index in [0.717, 1.165) is 5.56 Å². The summed E-state index contributed by atoms with van der Waals surface area (Å²) in [5, 5.41) is 5.74. The van der Waals surface area contributed by atoms with E-state index in [0.29, 0.717) is 23.4 Å². The van der Waals surface area contributed by atoms with Crippen molar-refractivity contribution < 1.29 is 23.9 Å². The topological polar surface area (TPSA) is 97.0 Å². The number of rotatable bonds is 10. The molecular weight excluding hydrogens is 482 g/mol. The molecule has 0 aliphatic rings. The minimum absolute atomic E-state index is 0.195. The molecule has 3 unspecified atom stereocenters. The van der Waals surface area contributed by atoms with Gasteiger partial charge in [0.25, 0.3) is 5.91 Å². The number of nitrogens with zero attached hydrogens (tertiary/aromatic N) is 1. The second-order valence-corrected chi connectivity index (χ2v) is 10.9. The van der Waals surface area contributed by atoms with Crippen molar-refractivity contribution >= 4 is 23.6 Å². The summed E-state index contributed by atoms with van der Waals surface area (Å²) in [6.07, 6.45) is -0.0275. The molecule has 3 amide bonds. The molecule has 0 aliphatic heterocycles. The normalized spacial score (nSPS) is 13.7. The van der Waals surface area contributed by atoms with Gasteiger partial charge in [-0.1, -0.05) is 50.1 Å². The second kappa shape index (κ2) is 13.3. The lowest BCUT2D eigenvalue weighted by Gasteiger charge is -2.38. The fourth-order valence-electron chi connectivity index (χ4n) is 4.12. The number of carbonyl (C=O) groups is 3. The highest BCUT2D eigenvalue weighted by Crippen LogP contribution is 2.29. The fourth-order valence-corrected chi connectivity index (χ4v) is 4.12. The van der Waals surface area contributed by atoms with Crippen molar-refractivity contribution in [1.82, 2.24) is 10.2 Å². The van der Waals surface area contributed by atoms with Crippen molar-refractivity contribution in [1.29, 1.82) is 0 Å². The van der Waals surface area contributed by atoms with Crippen molar-refractivity contribution in [3.05, 3.63) is 59.7 Å². The van der Waals surface area contributed by atoms with E-state index in [-0.39, 0.29) is 23.8 Å². The Bertz CT molecular complexity index is 1090. The van der Waals surface area contributed by atoms with Crippen molar-refractivity contribution in [2.45, 2.75) is 85.5 Å². The number of methoxy groups -OCH3 is 1. The van der Waals surface area contributed by atoms with E-state index in [1.165, 1.54) is 0 Å². The van der Waals surface area contributed by atoms with Crippen LogP contribution in [0, 0.1) is 12.8 Å². The predicted molar refractivity (Wildman–Crippen MR) is 150 cm³/mol. The number of benzene rings is 2. The first-order chi connectivity index (χ1) is 17.8. The molecule has 0 heterocycles. The lowest BCUT2D eigenvalue weighted by atomic mass is 9.94. The summed E-state index contributed by atoms with van der Waals surface area (Å²) in [5.74, 6) is -0.236. The Morgan fingerprint density at radius 3 is 2.13 bits per heavy atom. The van der Waals surface area contributed by atoms with Crippen molar-refractivity contribution in [2.24, 2.45) is 5.92 Å². The first-order valence-electron chi connectivity index (χ1n) is 13.1. The van der Waals surface area contributed by atoms with E-state index in [1.807, 2.05) is 58.9 Å². The first kappa shape index (κ1) is 30.7. The lowest BCUT2D eigenvalue weighted by Crippen LogP contribution is -2.56. The van der Waals surface area contributed by atoms with Crippen molar-refractivity contribution in [3.63, 3.8) is 0 Å². The molecular formula is C30H43N3O5. The van der Waals surface area contributed by atoms with Crippen LogP contribution < -0.4 is 15.4 Å². The zero-order valence-electron chi connectivity index (χ0n) is 24.1. The number of aryl methyl sites for hydroxylation is 1. The predicted octanol–water partition coefficient (Wildman–Crippen LogP) is 5.86. The molecule has 8 nitrogen and oxygen atoms in total. The van der Waals surface area contributed by atoms with Gasteiger partial charge in [-0.25, -0.2) is 4.79 Å². The summed E-state index contributed by atoms with van der Waals surface area (Å²) in [5.41, 5.74) is 1.51. The molecule has 0 aliphatic carbocycles. The molecule has 0 saturated carbocycles. The van der Waals surface area contributed by atoms with E-state index in [9.17, 15) is 14.4 Å². The first-order valence-corrected chi connectivity index (χ1v) is 13.1. The molecule has 3 atom stereocenters. The van der Waals surface area contributed by atoms with Gasteiger partial charge in [-0.15, -0.1) is 0 Å². The summed E-state index contributed by atoms with van der Waals surface area (Å²) in [4.78, 5) is 42.3. The molecule has 0 spiro atoms. The van der Waals surface area contributed by atoms with Gasteiger partial charge in [-0.05, 0) is 77.3 Å². The Labute approximate surface area is 227 Å². The number of ether oxygens (including phenoxy) is 2. The Morgan fingerprint density at radius 1 is 1.00 bits per heavy atom. The van der Waals surface area contributed by atoms with E-state index in [2.05, 4.69) is 10.6 Å². The van der Waals surface area contributed by atoms with Crippen LogP contribution in [0.3, 0.4) is 0 Å². The fraction of sp³-hybridized carbons (Fsp3) is 0.500. The maximum atomic E-state index is 14.2. The number of hydrogen-bond donors (Lipinski definition) is 2. The van der Waals surface area contributed by atoms with E-state index in [1.54, 1.807) is 57.0 Å². The molecule has 2 N–H and O–H groups in total. The van der Waals surface area contributed by atoms with Crippen molar-refractivity contribution in [2.75, 3.05) is 12.4 Å². The maximum Gasteiger partial charge on any atom is 0.408 e. The summed E-state index contributed by atoms with van der Waals surface area (Å²) >= 11 is 0. The summed E-state index contributed by atoms with van der Waals surface area (Å²) in [7, 11) is 1.58. The molecule has 2 aromatic rings. The zero-order chi connectivity index (χ0) is 28.6. The highest BCUT2D eigenvalue weighted by atomic mass is 16.6. The molecule has 38 heavy (non-hydrogen) atoms. The molecule has 8 heteroatoms. The molecule has 0 bridgehead atoms. The maximum absolute atomic E-state index is 14.2. The number of hydrogen-bond acceptors (Lipinski definition) is 5. The van der Waals surface area contributed by atoms with E-state index >= 15 is 0 Å². The Kier molecular flexibility index (Phi) is 10.7. The highest BCUT2D eigenvalue weighted by molar-refractivity contribution is 5.99. The molecule has 0 aromatic heterocycles. The monoisotopic (exact) mass is 525 g/mol. The van der Waals surface area contributed by atoms with Crippen LogP contribution in [-0.2, 0) is 14.3 Å². The summed E-state index contributed by atoms with van der Waals surface area (Å²) in [6, 6.07) is 12.4. The third-order valence-electron chi connectivity index (χ3n) is 6.20. The van der Waals surface area contributed by atoms with E-state index < -0.39 is 23.8 Å². The van der Waals surface area contributed by atoms with Crippen LogP contribution in [0.5, 0.6) is 5.75 Å². The Hall–Kier alpha value is -3.55. The number of anilines is 1. The van der Waals surface area contributed by atoms with E-state index in [4.69, 9.17) is 9.47 Å². The smallest absolute Gasteiger partial charge is 0.408 e. The summed E-state index contributed by atoms with van der Waals surface area (Å²) in [6.45, 7) is 14.8. The molecule has 2 rings (SSSR count). The second-order valence-electron chi connectivity index (χ2n) is 10.9. The van der Waals surface area contributed by atoms with Crippen LogP contribution in [0.25, 0.3) is 0 Å². The van der Waals surface area contributed by atoms with Crippen LogP contribution in [0.2, 0.25) is 0 Å². The van der Waals surface area contributed by atoms with Gasteiger partial charge < -0.3 is 25.0 Å². The molecule has 0 saturated heterocycles. The van der Waals surface area contributed by atoms with Crippen LogP contribution >= 0.6 is 0 Å². The molecule has 0 radical (unpaired) electrons. The van der Waals surface area contributed by atoms with Gasteiger partial charge in [0.15, 0.2) is 0 Å². The minimum atomic E-state index is -0.934. The van der Waals surface area contributed by atoms with Gasteiger partial charge in [0.05, 0.1) is 7.11 Å². The van der Waals surface area contributed by atoms with Crippen LogP contribution in [-0.4, -0.2) is 47.6 Å². The number of amides is 3. The zero-order valence-corrected chi connectivity index (χ0v) is 24.1. The van der Waals surface area contributed by atoms with Gasteiger partial charge in [-0.2, -0.15) is 0 Å². The summed E-state index contributed by atoms with van der Waals surface area (Å²) < 4.78 is 10.7. The number of nitrogens with one attached hydrogen (secondary N) is 2. The van der Waals surface area contributed by atoms with Crippen molar-refractivity contribution in [3.8, 4) is 5.75 Å². The lowest BCUT2D eigenvalue weighted by molar-refractivity contribution is -0.144. The van der Waals surface area contributed by atoms with Gasteiger partial charge in [-0.3, -0.25) is 9.59 Å². The third kappa shape index (κ3) is 8.50. The Morgan fingerprint density at radius 2 is 1.63 bits per heavy atom. The third-order valence-corrected chi connectivity index (χ3v) is 6.20. The van der Waals surface area contributed by atoms with Crippen LogP contribution in [0.15, 0.2) is 48.5 Å². The van der Waals surface area contributed by atoms with Gasteiger partial charge in [0.1, 0.15) is 23.4 Å². The van der Waals surface area contributed by atoms with Gasteiger partial charge in [0.2, 0.25) is 5.91 Å². The SMILES string of the molecule is CCC(C)C(NC(=O)OC(C)(C)C)C(=O)N(C(C)C)C(C(=O)Nc1ccc(OC)cc1)c1cccc(C)c1. The standard InChI is InChI=1S/C30H43N3O5/c1-10-21(5)25(32-29(36)38-30(6,7)8)28(35)33(19(2)3)26(22-13-11-12-20(4)18-22)27(34)31-23-14-16-24(37-9)17-15-23/h11-19,21,25-26H,10H2,1-9H3,(H,31,34)(H,32,36). The van der Waals surface area contributed by atoms with Gasteiger partial charge in [0, 0.05) is 11.7 Å². The average Bonchev–Trinajstić information content (AvgIpc) is 2.84.